The van der Waals surface area contributed by atoms with Crippen molar-refractivity contribution < 1.29 is 32.9 Å². The number of unbranched alkanes of at least 4 members (excludes halogenated alkanes) is 9. The lowest BCUT2D eigenvalue weighted by Gasteiger charge is -2.29. The van der Waals surface area contributed by atoms with E-state index in [2.05, 4.69) is 129 Å². The van der Waals surface area contributed by atoms with E-state index in [0.717, 1.165) is 96.3 Å². The number of hydrogen-bond donors (Lipinski definition) is 2. The molecule has 0 aromatic rings. The molecule has 0 radical (unpaired) electrons. The molecule has 0 aromatic heterocycles. The lowest BCUT2D eigenvalue weighted by atomic mass is 10.1. The molecule has 0 saturated heterocycles. The summed E-state index contributed by atoms with van der Waals surface area (Å²) in [6.07, 6.45) is 62.6. The summed E-state index contributed by atoms with van der Waals surface area (Å²) in [5, 5.41) is 13.7. The Labute approximate surface area is 374 Å². The molecule has 0 aromatic carbocycles. The van der Waals surface area contributed by atoms with Crippen molar-refractivity contribution in [2.75, 3.05) is 40.9 Å². The van der Waals surface area contributed by atoms with Gasteiger partial charge in [-0.25, -0.2) is 0 Å². The number of hydrogen-bond acceptors (Lipinski definition) is 6. The van der Waals surface area contributed by atoms with Gasteiger partial charge in [-0.3, -0.25) is 9.36 Å². The van der Waals surface area contributed by atoms with Crippen LogP contribution in [0.2, 0.25) is 0 Å². The molecule has 2 N–H and O–H groups in total. The van der Waals surface area contributed by atoms with E-state index in [0.29, 0.717) is 23.9 Å². The lowest BCUT2D eigenvalue weighted by Crippen LogP contribution is -2.45. The maximum Gasteiger partial charge on any atom is 0.268 e. The molecule has 9 heteroatoms. The fourth-order valence-electron chi connectivity index (χ4n) is 5.71. The highest BCUT2D eigenvalue weighted by atomic mass is 31.2. The van der Waals surface area contributed by atoms with Crippen LogP contribution in [0.3, 0.4) is 0 Å². The second-order valence-electron chi connectivity index (χ2n) is 16.4. The van der Waals surface area contributed by atoms with E-state index in [-0.39, 0.29) is 12.5 Å². The van der Waals surface area contributed by atoms with Gasteiger partial charge in [0.2, 0.25) is 5.91 Å². The Bertz CT molecular complexity index is 1400. The van der Waals surface area contributed by atoms with E-state index in [1.165, 1.54) is 25.7 Å². The second-order valence-corrected chi connectivity index (χ2v) is 17.8. The maximum atomic E-state index is 12.8. The molecule has 0 aliphatic carbocycles. The van der Waals surface area contributed by atoms with Gasteiger partial charge in [-0.2, -0.15) is 0 Å². The number of nitrogens with zero attached hydrogens (tertiary/aromatic N) is 1. The summed E-state index contributed by atoms with van der Waals surface area (Å²) in [5.74, 6) is -0.241. The SMILES string of the molecule is CC/C=C\C/C=C\C/C=C\C/C=C\C/C=C\C/C=C\C/C=C\C/C=C\CCCCCCC(=O)NC(COP(=O)([O-])OCC[N+](C)(C)C)C(O)/C=C/CC/C=C/CCCCCC. The van der Waals surface area contributed by atoms with Gasteiger partial charge >= 0.3 is 0 Å². The van der Waals surface area contributed by atoms with Crippen LogP contribution in [0.4, 0.5) is 0 Å². The van der Waals surface area contributed by atoms with Crippen LogP contribution in [-0.2, 0) is 18.4 Å². The fourth-order valence-corrected chi connectivity index (χ4v) is 6.43. The molecule has 346 valence electrons. The average molecular weight is 867 g/mol. The Morgan fingerprint density at radius 1 is 0.590 bits per heavy atom. The van der Waals surface area contributed by atoms with Crippen molar-refractivity contribution in [3.63, 3.8) is 0 Å². The minimum atomic E-state index is -4.61. The topological polar surface area (TPSA) is 108 Å². The first kappa shape index (κ1) is 57.9. The summed E-state index contributed by atoms with van der Waals surface area (Å²) in [6, 6.07) is -0.924. The lowest BCUT2D eigenvalue weighted by molar-refractivity contribution is -0.870. The quantitative estimate of drug-likeness (QED) is 0.0275. The molecule has 0 fully saturated rings. The molecule has 3 atom stereocenters. The van der Waals surface area contributed by atoms with Crippen LogP contribution >= 0.6 is 7.82 Å². The van der Waals surface area contributed by atoms with E-state index in [1.807, 2.05) is 27.2 Å². The van der Waals surface area contributed by atoms with Crippen LogP contribution in [0.25, 0.3) is 0 Å². The van der Waals surface area contributed by atoms with Crippen LogP contribution in [0.5, 0.6) is 0 Å². The Kier molecular flexibility index (Phi) is 40.1. The van der Waals surface area contributed by atoms with Crippen molar-refractivity contribution in [1.29, 1.82) is 0 Å². The van der Waals surface area contributed by atoms with Gasteiger partial charge in [0.05, 0.1) is 39.9 Å². The number of aliphatic hydroxyl groups excluding tert-OH is 1. The molecule has 0 heterocycles. The number of quaternary nitrogens is 1. The molecule has 0 bridgehead atoms. The molecule has 0 spiro atoms. The zero-order valence-corrected chi connectivity index (χ0v) is 39.9. The highest BCUT2D eigenvalue weighted by Crippen LogP contribution is 2.38. The summed E-state index contributed by atoms with van der Waals surface area (Å²) < 4.78 is 23.1. The van der Waals surface area contributed by atoms with Crippen molar-refractivity contribution in [2.24, 2.45) is 0 Å². The number of nitrogens with one attached hydrogen (secondary N) is 1. The van der Waals surface area contributed by atoms with Crippen molar-refractivity contribution in [2.45, 2.75) is 161 Å². The Balaban J connectivity index is 4.35. The zero-order chi connectivity index (χ0) is 45.0. The number of allylic oxidation sites excluding steroid dienone is 19. The number of rotatable bonds is 40. The Morgan fingerprint density at radius 3 is 1.51 bits per heavy atom. The Hall–Kier alpha value is -3.10. The van der Waals surface area contributed by atoms with E-state index in [9.17, 15) is 19.4 Å². The molecule has 0 saturated carbocycles. The molecular formula is C52H87N2O6P. The molecule has 0 aliphatic heterocycles. The number of amides is 1. The standard InChI is InChI=1S/C52H87N2O6P/c1-6-8-10-12-14-16-18-19-20-21-22-23-24-25-26-27-28-29-30-31-32-33-34-35-36-38-40-42-44-46-52(56)53-50(49-60-61(57,58)59-48-47-54(3,4)5)51(55)45-43-41-39-37-17-15-13-11-9-7-2/h8,10,14,16-17,19-20,22-23,25-26,28-29,31-32,34-35,37,43,45,50-51,55H,6-7,9,11-13,15,18,21,24,27,30,33,36,38-42,44,46-49H2,1-5H3,(H-,53,56,57,58)/b10-8-,16-14-,20-19-,23-22-,26-25-,29-28-,32-31-,35-34-,37-17+,45-43+. The monoisotopic (exact) mass is 867 g/mol. The molecular weight excluding hydrogens is 780 g/mol. The summed E-state index contributed by atoms with van der Waals surface area (Å²) in [7, 11) is 1.20. The summed E-state index contributed by atoms with van der Waals surface area (Å²) >= 11 is 0. The first-order valence-electron chi connectivity index (χ1n) is 23.4. The minimum Gasteiger partial charge on any atom is -0.756 e. The minimum absolute atomic E-state index is 0.0194. The normalized spacial score (nSPS) is 15.3. The Morgan fingerprint density at radius 2 is 1.02 bits per heavy atom. The second kappa shape index (κ2) is 42.2. The van der Waals surface area contributed by atoms with E-state index >= 15 is 0 Å². The average Bonchev–Trinajstić information content (AvgIpc) is 3.21. The molecule has 1 amide bonds. The third-order valence-corrected chi connectivity index (χ3v) is 10.4. The van der Waals surface area contributed by atoms with E-state index < -0.39 is 26.6 Å². The predicted octanol–water partition coefficient (Wildman–Crippen LogP) is 12.8. The first-order chi connectivity index (χ1) is 29.5. The van der Waals surface area contributed by atoms with Gasteiger partial charge in [-0.1, -0.05) is 167 Å². The summed E-state index contributed by atoms with van der Waals surface area (Å²) in [6.45, 7) is 4.41. The van der Waals surface area contributed by atoms with Gasteiger partial charge in [-0.05, 0) is 96.3 Å². The van der Waals surface area contributed by atoms with Crippen LogP contribution < -0.4 is 10.2 Å². The smallest absolute Gasteiger partial charge is 0.268 e. The van der Waals surface area contributed by atoms with Crippen LogP contribution in [-0.4, -0.2) is 68.5 Å². The molecule has 8 nitrogen and oxygen atoms in total. The van der Waals surface area contributed by atoms with Crippen LogP contribution in [0, 0.1) is 0 Å². The molecule has 3 unspecified atom stereocenters. The van der Waals surface area contributed by atoms with Gasteiger partial charge < -0.3 is 28.8 Å². The van der Waals surface area contributed by atoms with Crippen molar-refractivity contribution >= 4 is 13.7 Å². The van der Waals surface area contributed by atoms with Gasteiger partial charge in [0.25, 0.3) is 7.82 Å². The zero-order valence-electron chi connectivity index (χ0n) is 39.1. The van der Waals surface area contributed by atoms with Crippen LogP contribution in [0.15, 0.2) is 122 Å². The predicted molar refractivity (Wildman–Crippen MR) is 260 cm³/mol. The van der Waals surface area contributed by atoms with E-state index in [1.54, 1.807) is 6.08 Å². The van der Waals surface area contributed by atoms with Crippen molar-refractivity contribution in [3.05, 3.63) is 122 Å². The number of phosphoric acid groups is 1. The van der Waals surface area contributed by atoms with Gasteiger partial charge in [0, 0.05) is 6.42 Å². The fraction of sp³-hybridized carbons (Fsp3) is 0.596. The first-order valence-corrected chi connectivity index (χ1v) is 24.9. The number of aliphatic hydroxyl groups is 1. The van der Waals surface area contributed by atoms with Gasteiger partial charge in [-0.15, -0.1) is 0 Å². The number of phosphoric ester groups is 1. The third kappa shape index (κ3) is 44.8. The number of carbonyl (C=O) groups excluding carboxylic acids is 1. The van der Waals surface area contributed by atoms with Crippen molar-refractivity contribution in [3.8, 4) is 0 Å². The highest BCUT2D eigenvalue weighted by Gasteiger charge is 2.23. The number of carbonyl (C=O) groups is 1. The van der Waals surface area contributed by atoms with Gasteiger partial charge in [0.15, 0.2) is 0 Å². The highest BCUT2D eigenvalue weighted by molar-refractivity contribution is 7.45. The summed E-state index contributed by atoms with van der Waals surface area (Å²) in [5.41, 5.74) is 0. The molecule has 0 rings (SSSR count). The van der Waals surface area contributed by atoms with Gasteiger partial charge in [0.1, 0.15) is 13.2 Å². The van der Waals surface area contributed by atoms with E-state index in [4.69, 9.17) is 9.05 Å². The largest absolute Gasteiger partial charge is 0.756 e. The van der Waals surface area contributed by atoms with Crippen LogP contribution in [0.1, 0.15) is 149 Å². The molecule has 0 aliphatic rings. The number of likely N-dealkylation sites (N-methyl/N-ethyl adjacent to an activating group) is 1. The summed E-state index contributed by atoms with van der Waals surface area (Å²) in [4.78, 5) is 25.3. The maximum absolute atomic E-state index is 12.8. The third-order valence-electron chi connectivity index (χ3n) is 9.41. The molecule has 61 heavy (non-hydrogen) atoms. The van der Waals surface area contributed by atoms with Crippen molar-refractivity contribution in [1.82, 2.24) is 5.32 Å².